The summed E-state index contributed by atoms with van der Waals surface area (Å²) >= 11 is 0. The minimum atomic E-state index is 0.430. The Balaban J connectivity index is 0.000000132. The normalized spacial score (nSPS) is 42.5. The summed E-state index contributed by atoms with van der Waals surface area (Å²) in [5, 5.41) is 0. The second-order valence-corrected chi connectivity index (χ2v) is 19.9. The van der Waals surface area contributed by atoms with Crippen molar-refractivity contribution in [3.05, 3.63) is 35.9 Å². The van der Waals surface area contributed by atoms with Crippen LogP contribution in [0.5, 0.6) is 0 Å². The van der Waals surface area contributed by atoms with E-state index in [9.17, 15) is 0 Å². The molecule has 1 aliphatic heterocycles. The smallest absolute Gasteiger partial charge is 0.104 e. The lowest BCUT2D eigenvalue weighted by atomic mass is 9.74. The molecule has 0 N–H and O–H groups in total. The minimum absolute atomic E-state index is 0.430. The predicted molar refractivity (Wildman–Crippen MR) is 217 cm³/mol. The Hall–Kier alpha value is -0.860. The van der Waals surface area contributed by atoms with Crippen LogP contribution in [0.25, 0.3) is 0 Å². The van der Waals surface area contributed by atoms with E-state index in [1.807, 2.05) is 0 Å². The predicted octanol–water partition coefficient (Wildman–Crippen LogP) is 13.3. The van der Waals surface area contributed by atoms with Crippen LogP contribution in [-0.2, 0) is 15.9 Å². The summed E-state index contributed by atoms with van der Waals surface area (Å²) in [7, 11) is 0. The number of unbranched alkanes of at least 4 members (excludes halogenated alkanes) is 7. The highest BCUT2D eigenvalue weighted by atomic mass is 16.6. The quantitative estimate of drug-likeness (QED) is 0.126. The van der Waals surface area contributed by atoms with Crippen LogP contribution in [0.1, 0.15) is 157 Å². The van der Waals surface area contributed by atoms with Crippen molar-refractivity contribution in [1.29, 1.82) is 0 Å². The van der Waals surface area contributed by atoms with Crippen molar-refractivity contribution in [2.45, 2.75) is 164 Å². The average molecular weight is 703 g/mol. The molecule has 6 bridgehead atoms. The molecule has 1 aromatic carbocycles. The first-order valence-corrected chi connectivity index (χ1v) is 23.0. The molecule has 0 spiro atoms. The first kappa shape index (κ1) is 39.8. The van der Waals surface area contributed by atoms with Crippen molar-refractivity contribution < 1.29 is 9.47 Å². The zero-order valence-electron chi connectivity index (χ0n) is 34.6. The number of hydrogen-bond donors (Lipinski definition) is 0. The summed E-state index contributed by atoms with van der Waals surface area (Å²) in [6.45, 7) is 19.9. The number of aryl methyl sites for hydroxylation is 1. The van der Waals surface area contributed by atoms with E-state index in [1.54, 1.807) is 19.3 Å². The fourth-order valence-corrected chi connectivity index (χ4v) is 13.2. The maximum atomic E-state index is 5.75. The summed E-state index contributed by atoms with van der Waals surface area (Å²) in [4.78, 5) is 0. The largest absolute Gasteiger partial charge is 0.378 e. The summed E-state index contributed by atoms with van der Waals surface area (Å²) in [5.74, 6) is 15.1. The third kappa shape index (κ3) is 10.3. The van der Waals surface area contributed by atoms with Gasteiger partial charge in [0.15, 0.2) is 0 Å². The minimum Gasteiger partial charge on any atom is -0.378 e. The molecule has 0 aromatic heterocycles. The third-order valence-corrected chi connectivity index (χ3v) is 17.2. The van der Waals surface area contributed by atoms with E-state index in [4.69, 9.17) is 9.47 Å². The Bertz CT molecular complexity index is 1120. The number of epoxide rings is 1. The molecule has 6 saturated carbocycles. The second-order valence-electron chi connectivity index (χ2n) is 19.9. The first-order valence-electron chi connectivity index (χ1n) is 23.0. The van der Waals surface area contributed by atoms with E-state index < -0.39 is 0 Å². The SMILES string of the molecule is CC1C2CC(CCc3ccccc3)C(C2)C1C.CC1C2CC(COCC3CO3)C(C2)C1C.CCCCCCCCCCC1CC2CC1C(C)C2C. The van der Waals surface area contributed by atoms with Crippen molar-refractivity contribution in [3.8, 4) is 0 Å². The van der Waals surface area contributed by atoms with Gasteiger partial charge in [0.25, 0.3) is 0 Å². The van der Waals surface area contributed by atoms with Crippen LogP contribution in [0.2, 0.25) is 0 Å². The lowest BCUT2D eigenvalue weighted by Crippen LogP contribution is -2.27. The third-order valence-electron chi connectivity index (χ3n) is 17.2. The molecule has 7 fully saturated rings. The molecule has 1 heterocycles. The molecule has 51 heavy (non-hydrogen) atoms. The number of fused-ring (bicyclic) bond motifs is 6. The van der Waals surface area contributed by atoms with Gasteiger partial charge in [0.1, 0.15) is 6.10 Å². The molecular formula is C49H82O2. The molecule has 2 heteroatoms. The zero-order chi connectivity index (χ0) is 35.9. The van der Waals surface area contributed by atoms with Gasteiger partial charge in [-0.2, -0.15) is 0 Å². The molecule has 8 rings (SSSR count). The van der Waals surface area contributed by atoms with E-state index in [0.29, 0.717) is 6.10 Å². The number of rotatable bonds is 16. The van der Waals surface area contributed by atoms with Gasteiger partial charge in [0, 0.05) is 6.61 Å². The van der Waals surface area contributed by atoms with Crippen molar-refractivity contribution in [2.24, 2.45) is 88.8 Å². The molecular weight excluding hydrogens is 621 g/mol. The Morgan fingerprint density at radius 2 is 1.00 bits per heavy atom. The van der Waals surface area contributed by atoms with Gasteiger partial charge in [-0.25, -0.2) is 0 Å². The second kappa shape index (κ2) is 19.1. The summed E-state index contributed by atoms with van der Waals surface area (Å²) < 4.78 is 10.9. The van der Waals surface area contributed by atoms with Crippen LogP contribution in [0.15, 0.2) is 30.3 Å². The lowest BCUT2D eigenvalue weighted by molar-refractivity contribution is 0.0486. The summed E-state index contributed by atoms with van der Waals surface area (Å²) in [6.07, 6.45) is 25.6. The van der Waals surface area contributed by atoms with Gasteiger partial charge >= 0.3 is 0 Å². The molecule has 0 amide bonds. The first-order chi connectivity index (χ1) is 24.7. The van der Waals surface area contributed by atoms with Gasteiger partial charge in [-0.05, 0) is 146 Å². The standard InChI is InChI=1S/C19H36.C17H24.C13H22O2/c1-4-5-6-7-8-9-10-11-12-17-13-18-14-19(17)16(3)15(18)2;1-12-13(2)17-11-16(12)10-15(17)9-8-14-6-4-3-5-7-14;1-8-9(2)13-4-10(8)3-11(13)5-14-6-12-7-15-12/h15-19H,4-14H2,1-3H3;3-7,12-13,15-17H,8-11H2,1-2H3;8-13H,3-7H2,1-2H3. The molecule has 2 nitrogen and oxygen atoms in total. The van der Waals surface area contributed by atoms with E-state index in [0.717, 1.165) is 109 Å². The Kier molecular flexibility index (Phi) is 14.9. The van der Waals surface area contributed by atoms with E-state index in [-0.39, 0.29) is 0 Å². The van der Waals surface area contributed by atoms with Crippen LogP contribution in [0.4, 0.5) is 0 Å². The van der Waals surface area contributed by atoms with Crippen molar-refractivity contribution in [3.63, 3.8) is 0 Å². The zero-order valence-corrected chi connectivity index (χ0v) is 34.6. The van der Waals surface area contributed by atoms with Crippen molar-refractivity contribution in [1.82, 2.24) is 0 Å². The Morgan fingerprint density at radius 3 is 1.49 bits per heavy atom. The van der Waals surface area contributed by atoms with Crippen molar-refractivity contribution in [2.75, 3.05) is 19.8 Å². The maximum absolute atomic E-state index is 5.75. The molecule has 7 aliphatic rings. The van der Waals surface area contributed by atoms with E-state index in [1.165, 1.54) is 95.5 Å². The van der Waals surface area contributed by atoms with E-state index >= 15 is 0 Å². The lowest BCUT2D eigenvalue weighted by Gasteiger charge is -2.31. The van der Waals surface area contributed by atoms with E-state index in [2.05, 4.69) is 78.8 Å². The van der Waals surface area contributed by atoms with Crippen LogP contribution >= 0.6 is 0 Å². The highest BCUT2D eigenvalue weighted by Crippen LogP contribution is 2.57. The maximum Gasteiger partial charge on any atom is 0.104 e. The topological polar surface area (TPSA) is 21.8 Å². The van der Waals surface area contributed by atoms with Gasteiger partial charge in [0.05, 0.1) is 13.2 Å². The molecule has 16 atom stereocenters. The summed E-state index contributed by atoms with van der Waals surface area (Å²) in [5.41, 5.74) is 1.52. The van der Waals surface area contributed by atoms with Gasteiger partial charge in [-0.1, -0.05) is 137 Å². The molecule has 0 radical (unpaired) electrons. The van der Waals surface area contributed by atoms with Crippen LogP contribution < -0.4 is 0 Å². The Morgan fingerprint density at radius 1 is 0.529 bits per heavy atom. The number of benzene rings is 1. The monoisotopic (exact) mass is 703 g/mol. The van der Waals surface area contributed by atoms with Gasteiger partial charge in [-0.3, -0.25) is 0 Å². The fourth-order valence-electron chi connectivity index (χ4n) is 13.2. The highest BCUT2D eigenvalue weighted by Gasteiger charge is 2.50. The fraction of sp³-hybridized carbons (Fsp3) is 0.878. The van der Waals surface area contributed by atoms with Crippen LogP contribution in [0, 0.1) is 88.8 Å². The van der Waals surface area contributed by atoms with Crippen molar-refractivity contribution >= 4 is 0 Å². The molecule has 16 unspecified atom stereocenters. The highest BCUT2D eigenvalue weighted by molar-refractivity contribution is 5.15. The number of hydrogen-bond acceptors (Lipinski definition) is 2. The van der Waals surface area contributed by atoms with Crippen LogP contribution in [0.3, 0.4) is 0 Å². The Labute approximate surface area is 316 Å². The van der Waals surface area contributed by atoms with Gasteiger partial charge < -0.3 is 9.47 Å². The number of ether oxygens (including phenoxy) is 2. The molecule has 1 saturated heterocycles. The average Bonchev–Trinajstić information content (AvgIpc) is 3.53. The van der Waals surface area contributed by atoms with Crippen LogP contribution in [-0.4, -0.2) is 25.9 Å². The van der Waals surface area contributed by atoms with Gasteiger partial charge in [0.2, 0.25) is 0 Å². The summed E-state index contributed by atoms with van der Waals surface area (Å²) in [6, 6.07) is 11.0. The molecule has 1 aromatic rings. The van der Waals surface area contributed by atoms with Gasteiger partial charge in [-0.15, -0.1) is 0 Å². The molecule has 6 aliphatic carbocycles. The molecule has 290 valence electrons.